The van der Waals surface area contributed by atoms with E-state index in [0.29, 0.717) is 24.4 Å². The maximum Gasteiger partial charge on any atom is 0.254 e. The van der Waals surface area contributed by atoms with Crippen molar-refractivity contribution in [3.8, 4) is 0 Å². The van der Waals surface area contributed by atoms with Gasteiger partial charge in [0.15, 0.2) is 0 Å². The van der Waals surface area contributed by atoms with Crippen LogP contribution in [0.4, 0.5) is 5.69 Å². The van der Waals surface area contributed by atoms with Crippen LogP contribution in [0.1, 0.15) is 29.8 Å². The van der Waals surface area contributed by atoms with Gasteiger partial charge < -0.3 is 20.7 Å². The van der Waals surface area contributed by atoms with Crippen LogP contribution >= 0.6 is 0 Å². The number of hydrogen-bond acceptors (Lipinski definition) is 4. The Morgan fingerprint density at radius 3 is 2.73 bits per heavy atom. The molecule has 0 aromatic heterocycles. The van der Waals surface area contributed by atoms with Crippen LogP contribution in [-0.2, 0) is 9.53 Å². The van der Waals surface area contributed by atoms with Crippen LogP contribution in [0.2, 0.25) is 0 Å². The van der Waals surface area contributed by atoms with Gasteiger partial charge in [0.05, 0.1) is 6.61 Å². The lowest BCUT2D eigenvalue weighted by molar-refractivity contribution is -0.128. The molecular formula is C16H23N3O3. The predicted molar refractivity (Wildman–Crippen MR) is 85.0 cm³/mol. The summed E-state index contributed by atoms with van der Waals surface area (Å²) < 4.78 is 5.41. The molecule has 1 aromatic rings. The molecule has 2 rings (SSSR count). The van der Waals surface area contributed by atoms with E-state index in [1.807, 2.05) is 20.8 Å². The summed E-state index contributed by atoms with van der Waals surface area (Å²) >= 11 is 0. The summed E-state index contributed by atoms with van der Waals surface area (Å²) in [6, 6.07) is 5.34. The SMILES string of the molecule is Cc1cc(NC(=O)C2CNCCO2)ccc1C(=O)NC(C)C. The van der Waals surface area contributed by atoms with E-state index in [1.165, 1.54) is 0 Å². The van der Waals surface area contributed by atoms with Crippen molar-refractivity contribution in [2.45, 2.75) is 32.9 Å². The van der Waals surface area contributed by atoms with Crippen LogP contribution in [0.25, 0.3) is 0 Å². The molecule has 1 unspecified atom stereocenters. The minimum Gasteiger partial charge on any atom is -0.366 e. The molecule has 1 saturated heterocycles. The Balaban J connectivity index is 2.02. The van der Waals surface area contributed by atoms with Crippen LogP contribution in [0, 0.1) is 6.92 Å². The van der Waals surface area contributed by atoms with Gasteiger partial charge in [-0.05, 0) is 44.5 Å². The van der Waals surface area contributed by atoms with Crippen LogP contribution in [0.3, 0.4) is 0 Å². The molecule has 6 heteroatoms. The molecule has 2 amide bonds. The van der Waals surface area contributed by atoms with E-state index >= 15 is 0 Å². The highest BCUT2D eigenvalue weighted by molar-refractivity contribution is 5.98. The fraction of sp³-hybridized carbons (Fsp3) is 0.500. The molecule has 1 heterocycles. The second kappa shape index (κ2) is 7.38. The average Bonchev–Trinajstić information content (AvgIpc) is 2.47. The number of amides is 2. The third-order valence-corrected chi connectivity index (χ3v) is 3.38. The van der Waals surface area contributed by atoms with Gasteiger partial charge in [0, 0.05) is 30.4 Å². The Morgan fingerprint density at radius 2 is 2.14 bits per heavy atom. The molecule has 1 aliphatic heterocycles. The molecule has 0 spiro atoms. The molecule has 0 radical (unpaired) electrons. The second-order valence-electron chi connectivity index (χ2n) is 5.71. The number of aryl methyl sites for hydroxylation is 1. The first-order valence-corrected chi connectivity index (χ1v) is 7.52. The zero-order valence-corrected chi connectivity index (χ0v) is 13.2. The van der Waals surface area contributed by atoms with Gasteiger partial charge >= 0.3 is 0 Å². The highest BCUT2D eigenvalue weighted by Crippen LogP contribution is 2.16. The second-order valence-corrected chi connectivity index (χ2v) is 5.71. The van der Waals surface area contributed by atoms with Crippen LogP contribution < -0.4 is 16.0 Å². The zero-order valence-electron chi connectivity index (χ0n) is 13.2. The van der Waals surface area contributed by atoms with Gasteiger partial charge in [0.2, 0.25) is 0 Å². The fourth-order valence-corrected chi connectivity index (χ4v) is 2.29. The van der Waals surface area contributed by atoms with Crippen molar-refractivity contribution in [1.82, 2.24) is 10.6 Å². The minimum atomic E-state index is -0.474. The molecule has 0 saturated carbocycles. The largest absolute Gasteiger partial charge is 0.366 e. The van der Waals surface area contributed by atoms with E-state index in [-0.39, 0.29) is 17.9 Å². The van der Waals surface area contributed by atoms with Crippen LogP contribution in [0.15, 0.2) is 18.2 Å². The summed E-state index contributed by atoms with van der Waals surface area (Å²) in [4.78, 5) is 24.1. The molecular weight excluding hydrogens is 282 g/mol. The molecule has 0 bridgehead atoms. The monoisotopic (exact) mass is 305 g/mol. The number of rotatable bonds is 4. The van der Waals surface area contributed by atoms with Gasteiger partial charge in [0.25, 0.3) is 11.8 Å². The molecule has 120 valence electrons. The average molecular weight is 305 g/mol. The van der Waals surface area contributed by atoms with Crippen molar-refractivity contribution in [3.63, 3.8) is 0 Å². The number of carbonyl (C=O) groups is 2. The fourth-order valence-electron chi connectivity index (χ4n) is 2.29. The summed E-state index contributed by atoms with van der Waals surface area (Å²) in [6.07, 6.45) is -0.474. The molecule has 1 atom stereocenters. The summed E-state index contributed by atoms with van der Waals surface area (Å²) in [5.74, 6) is -0.281. The lowest BCUT2D eigenvalue weighted by Crippen LogP contribution is -2.45. The van der Waals surface area contributed by atoms with E-state index in [9.17, 15) is 9.59 Å². The van der Waals surface area contributed by atoms with Gasteiger partial charge in [-0.15, -0.1) is 0 Å². The number of carbonyl (C=O) groups excluding carboxylic acids is 2. The van der Waals surface area contributed by atoms with Gasteiger partial charge in [-0.3, -0.25) is 9.59 Å². The molecule has 0 aliphatic carbocycles. The lowest BCUT2D eigenvalue weighted by atomic mass is 10.1. The van der Waals surface area contributed by atoms with Crippen LogP contribution in [-0.4, -0.2) is 43.7 Å². The molecule has 1 aromatic carbocycles. The number of benzene rings is 1. The summed E-state index contributed by atoms with van der Waals surface area (Å²) in [7, 11) is 0. The van der Waals surface area contributed by atoms with E-state index < -0.39 is 6.10 Å². The standard InChI is InChI=1S/C16H23N3O3/c1-10(2)18-15(20)13-5-4-12(8-11(13)3)19-16(21)14-9-17-6-7-22-14/h4-5,8,10,14,17H,6-7,9H2,1-3H3,(H,18,20)(H,19,21). The Morgan fingerprint density at radius 1 is 1.36 bits per heavy atom. The quantitative estimate of drug-likeness (QED) is 0.777. The molecule has 1 fully saturated rings. The first kappa shape index (κ1) is 16.5. The van der Waals surface area contributed by atoms with Crippen molar-refractivity contribution in [1.29, 1.82) is 0 Å². The van der Waals surface area contributed by atoms with Gasteiger partial charge in [-0.1, -0.05) is 0 Å². The highest BCUT2D eigenvalue weighted by atomic mass is 16.5. The maximum atomic E-state index is 12.1. The zero-order chi connectivity index (χ0) is 16.1. The number of morpholine rings is 1. The summed E-state index contributed by atoms with van der Waals surface area (Å²) in [6.45, 7) is 7.50. The van der Waals surface area contributed by atoms with Gasteiger partial charge in [-0.2, -0.15) is 0 Å². The first-order chi connectivity index (χ1) is 10.5. The summed E-state index contributed by atoms with van der Waals surface area (Å²) in [5.41, 5.74) is 2.10. The number of nitrogens with one attached hydrogen (secondary N) is 3. The third-order valence-electron chi connectivity index (χ3n) is 3.38. The smallest absolute Gasteiger partial charge is 0.254 e. The van der Waals surface area contributed by atoms with Crippen molar-refractivity contribution in [2.75, 3.05) is 25.0 Å². The van der Waals surface area contributed by atoms with Crippen LogP contribution in [0.5, 0.6) is 0 Å². The van der Waals surface area contributed by atoms with Crippen molar-refractivity contribution < 1.29 is 14.3 Å². The van der Waals surface area contributed by atoms with Crippen molar-refractivity contribution in [3.05, 3.63) is 29.3 Å². The van der Waals surface area contributed by atoms with Gasteiger partial charge in [-0.25, -0.2) is 0 Å². The minimum absolute atomic E-state index is 0.0854. The molecule has 1 aliphatic rings. The maximum absolute atomic E-state index is 12.1. The van der Waals surface area contributed by atoms with E-state index in [2.05, 4.69) is 16.0 Å². The molecule has 3 N–H and O–H groups in total. The van der Waals surface area contributed by atoms with E-state index in [1.54, 1.807) is 18.2 Å². The van der Waals surface area contributed by atoms with Crippen molar-refractivity contribution >= 4 is 17.5 Å². The number of anilines is 1. The van der Waals surface area contributed by atoms with E-state index in [0.717, 1.165) is 12.1 Å². The normalized spacial score (nSPS) is 18.1. The summed E-state index contributed by atoms with van der Waals surface area (Å²) in [5, 5.41) is 8.80. The Labute approximate surface area is 130 Å². The predicted octanol–water partition coefficient (Wildman–Crippen LogP) is 1.06. The Hall–Kier alpha value is -1.92. The van der Waals surface area contributed by atoms with Crippen molar-refractivity contribution in [2.24, 2.45) is 0 Å². The first-order valence-electron chi connectivity index (χ1n) is 7.52. The van der Waals surface area contributed by atoms with E-state index in [4.69, 9.17) is 4.74 Å². The topological polar surface area (TPSA) is 79.5 Å². The molecule has 22 heavy (non-hydrogen) atoms. The Bertz CT molecular complexity index is 552. The lowest BCUT2D eigenvalue weighted by Gasteiger charge is -2.22. The Kier molecular flexibility index (Phi) is 5.51. The van der Waals surface area contributed by atoms with Gasteiger partial charge in [0.1, 0.15) is 6.10 Å². The molecule has 6 nitrogen and oxygen atoms in total. The highest BCUT2D eigenvalue weighted by Gasteiger charge is 2.22. The third kappa shape index (κ3) is 4.29. The number of ether oxygens (including phenoxy) is 1. The number of hydrogen-bond donors (Lipinski definition) is 3.